The number of esters is 1. The number of thiazole rings is 1. The molecule has 4 aromatic rings. The number of rotatable bonds is 7. The lowest BCUT2D eigenvalue weighted by Gasteiger charge is -2.24. The van der Waals surface area contributed by atoms with Gasteiger partial charge in [0.25, 0.3) is 5.56 Å². The van der Waals surface area contributed by atoms with E-state index in [2.05, 4.69) is 4.99 Å². The van der Waals surface area contributed by atoms with Crippen LogP contribution in [0.4, 0.5) is 4.39 Å². The molecule has 0 amide bonds. The van der Waals surface area contributed by atoms with E-state index in [9.17, 15) is 14.0 Å². The lowest BCUT2D eigenvalue weighted by atomic mass is 9.95. The molecule has 1 aliphatic rings. The van der Waals surface area contributed by atoms with E-state index < -0.39 is 12.0 Å². The molecular weight excluding hydrogens is 515 g/mol. The van der Waals surface area contributed by atoms with Gasteiger partial charge in [-0.1, -0.05) is 71.5 Å². The zero-order chi connectivity index (χ0) is 27.5. The van der Waals surface area contributed by atoms with Gasteiger partial charge in [-0.15, -0.1) is 0 Å². The summed E-state index contributed by atoms with van der Waals surface area (Å²) in [6, 6.07) is 20.8. The largest absolute Gasteiger partial charge is 0.489 e. The molecule has 198 valence electrons. The third kappa shape index (κ3) is 5.47. The molecule has 0 saturated carbocycles. The Bertz CT molecular complexity index is 1740. The molecule has 0 unspecified atom stereocenters. The monoisotopic (exact) mass is 542 g/mol. The summed E-state index contributed by atoms with van der Waals surface area (Å²) >= 11 is 1.27. The molecule has 1 aromatic heterocycles. The first-order valence-electron chi connectivity index (χ1n) is 12.6. The summed E-state index contributed by atoms with van der Waals surface area (Å²) in [7, 11) is 0. The van der Waals surface area contributed by atoms with Crippen LogP contribution >= 0.6 is 11.3 Å². The fourth-order valence-corrected chi connectivity index (χ4v) is 5.49. The van der Waals surface area contributed by atoms with E-state index in [-0.39, 0.29) is 24.6 Å². The Morgan fingerprint density at radius 1 is 1.05 bits per heavy atom. The highest BCUT2D eigenvalue weighted by Gasteiger charge is 2.33. The van der Waals surface area contributed by atoms with Crippen molar-refractivity contribution in [3.05, 3.63) is 132 Å². The van der Waals surface area contributed by atoms with Crippen molar-refractivity contribution in [2.24, 2.45) is 4.99 Å². The molecule has 2 heterocycles. The van der Waals surface area contributed by atoms with Crippen molar-refractivity contribution in [2.75, 3.05) is 6.61 Å². The second-order valence-electron chi connectivity index (χ2n) is 9.16. The van der Waals surface area contributed by atoms with Crippen molar-refractivity contribution in [3.8, 4) is 5.75 Å². The molecular formula is C31H27FN2O4S. The summed E-state index contributed by atoms with van der Waals surface area (Å²) < 4.78 is 27.0. The maximum absolute atomic E-state index is 13.9. The predicted octanol–water partition coefficient (Wildman–Crippen LogP) is 4.82. The van der Waals surface area contributed by atoms with Crippen LogP contribution in [-0.4, -0.2) is 17.1 Å². The third-order valence-electron chi connectivity index (χ3n) is 6.44. The molecule has 8 heteroatoms. The molecule has 5 rings (SSSR count). The number of allylic oxidation sites excluding steroid dienone is 1. The summed E-state index contributed by atoms with van der Waals surface area (Å²) in [5.74, 6) is -0.203. The van der Waals surface area contributed by atoms with Crippen LogP contribution in [-0.2, 0) is 16.1 Å². The number of benzene rings is 3. The summed E-state index contributed by atoms with van der Waals surface area (Å²) in [5.41, 5.74) is 3.81. The molecule has 0 N–H and O–H groups in total. The van der Waals surface area contributed by atoms with Gasteiger partial charge < -0.3 is 9.47 Å². The van der Waals surface area contributed by atoms with Crippen LogP contribution in [0.25, 0.3) is 6.08 Å². The van der Waals surface area contributed by atoms with Crippen LogP contribution in [0.5, 0.6) is 5.75 Å². The zero-order valence-electron chi connectivity index (χ0n) is 21.8. The first-order chi connectivity index (χ1) is 18.9. The standard InChI is InChI=1S/C31H27FN2O4S/c1-4-37-30(36)27-20(3)33-31-34(28(27)22-13-9-19(2)10-14-22)29(35)26(39-31)17-21-11-15-24(16-12-21)38-18-23-7-5-6-8-25(23)32/h5-17,28H,4,18H2,1-3H3/b26-17+/t28-/m0/s1. The molecule has 1 atom stereocenters. The Kier molecular flexibility index (Phi) is 7.56. The van der Waals surface area contributed by atoms with Gasteiger partial charge in [0.15, 0.2) is 4.80 Å². The number of ether oxygens (including phenoxy) is 2. The fraction of sp³-hybridized carbons (Fsp3) is 0.194. The molecule has 0 aliphatic carbocycles. The van der Waals surface area contributed by atoms with Crippen LogP contribution in [0.15, 0.2) is 93.9 Å². The second kappa shape index (κ2) is 11.2. The molecule has 0 spiro atoms. The van der Waals surface area contributed by atoms with Crippen molar-refractivity contribution in [1.82, 2.24) is 4.57 Å². The molecule has 1 aliphatic heterocycles. The maximum Gasteiger partial charge on any atom is 0.338 e. The van der Waals surface area contributed by atoms with Gasteiger partial charge >= 0.3 is 5.97 Å². The first-order valence-corrected chi connectivity index (χ1v) is 13.4. The van der Waals surface area contributed by atoms with Crippen molar-refractivity contribution in [3.63, 3.8) is 0 Å². The molecule has 6 nitrogen and oxygen atoms in total. The minimum atomic E-state index is -0.641. The molecule has 0 saturated heterocycles. The van der Waals surface area contributed by atoms with Gasteiger partial charge in [0.2, 0.25) is 0 Å². The van der Waals surface area contributed by atoms with E-state index in [0.29, 0.717) is 31.9 Å². The summed E-state index contributed by atoms with van der Waals surface area (Å²) in [5, 5.41) is 0. The smallest absolute Gasteiger partial charge is 0.338 e. The Morgan fingerprint density at radius 3 is 2.46 bits per heavy atom. The van der Waals surface area contributed by atoms with Crippen LogP contribution in [0.3, 0.4) is 0 Å². The van der Waals surface area contributed by atoms with Gasteiger partial charge in [0.05, 0.1) is 28.5 Å². The SMILES string of the molecule is CCOC(=O)C1=C(C)N=c2s/c(=C/c3ccc(OCc4ccccc4F)cc3)c(=O)n2[C@H]1c1ccc(C)cc1. The average molecular weight is 543 g/mol. The number of aryl methyl sites for hydroxylation is 1. The van der Waals surface area contributed by atoms with E-state index in [0.717, 1.165) is 16.7 Å². The highest BCUT2D eigenvalue weighted by molar-refractivity contribution is 7.07. The Morgan fingerprint density at radius 2 is 1.77 bits per heavy atom. The number of aromatic nitrogens is 1. The minimum Gasteiger partial charge on any atom is -0.489 e. The Labute approximate surface area is 229 Å². The number of nitrogens with zero attached hydrogens (tertiary/aromatic N) is 2. The number of hydrogen-bond donors (Lipinski definition) is 0. The number of fused-ring (bicyclic) bond motifs is 1. The van der Waals surface area contributed by atoms with Gasteiger partial charge in [-0.25, -0.2) is 14.2 Å². The highest BCUT2D eigenvalue weighted by atomic mass is 32.1. The summed E-state index contributed by atoms with van der Waals surface area (Å²) in [6.07, 6.45) is 1.79. The number of halogens is 1. The van der Waals surface area contributed by atoms with Crippen molar-refractivity contribution in [1.29, 1.82) is 0 Å². The van der Waals surface area contributed by atoms with Crippen molar-refractivity contribution in [2.45, 2.75) is 33.4 Å². The van der Waals surface area contributed by atoms with E-state index in [1.807, 2.05) is 43.3 Å². The lowest BCUT2D eigenvalue weighted by molar-refractivity contribution is -0.139. The molecule has 0 radical (unpaired) electrons. The second-order valence-corrected chi connectivity index (χ2v) is 10.2. The van der Waals surface area contributed by atoms with E-state index in [1.165, 1.54) is 17.4 Å². The first kappa shape index (κ1) is 26.3. The summed E-state index contributed by atoms with van der Waals surface area (Å²) in [4.78, 5) is 31.8. The molecule has 0 fully saturated rings. The number of carbonyl (C=O) groups is 1. The zero-order valence-corrected chi connectivity index (χ0v) is 22.6. The van der Waals surface area contributed by atoms with Gasteiger partial charge in [-0.3, -0.25) is 9.36 Å². The van der Waals surface area contributed by atoms with Crippen molar-refractivity contribution >= 4 is 23.4 Å². The lowest BCUT2D eigenvalue weighted by Crippen LogP contribution is -2.39. The van der Waals surface area contributed by atoms with Crippen LogP contribution < -0.4 is 19.6 Å². The molecule has 39 heavy (non-hydrogen) atoms. The van der Waals surface area contributed by atoms with E-state index >= 15 is 0 Å². The Balaban J connectivity index is 1.50. The van der Waals surface area contributed by atoms with Crippen LogP contribution in [0, 0.1) is 12.7 Å². The predicted molar refractivity (Wildman–Crippen MR) is 149 cm³/mol. The normalized spacial score (nSPS) is 15.1. The average Bonchev–Trinajstić information content (AvgIpc) is 3.23. The summed E-state index contributed by atoms with van der Waals surface area (Å²) in [6.45, 7) is 5.84. The highest BCUT2D eigenvalue weighted by Crippen LogP contribution is 2.30. The maximum atomic E-state index is 13.9. The number of hydrogen-bond acceptors (Lipinski definition) is 6. The van der Waals surface area contributed by atoms with Gasteiger partial charge in [-0.2, -0.15) is 0 Å². The van der Waals surface area contributed by atoms with E-state index in [1.54, 1.807) is 54.8 Å². The third-order valence-corrected chi connectivity index (χ3v) is 7.42. The topological polar surface area (TPSA) is 69.9 Å². The minimum absolute atomic E-state index is 0.117. The fourth-order valence-electron chi connectivity index (χ4n) is 4.44. The van der Waals surface area contributed by atoms with Gasteiger partial charge in [0, 0.05) is 5.56 Å². The van der Waals surface area contributed by atoms with Crippen LogP contribution in [0.2, 0.25) is 0 Å². The van der Waals surface area contributed by atoms with Crippen LogP contribution in [0.1, 0.15) is 42.1 Å². The van der Waals surface area contributed by atoms with Gasteiger partial charge in [-0.05, 0) is 56.2 Å². The Hall–Kier alpha value is -4.30. The van der Waals surface area contributed by atoms with Gasteiger partial charge in [0.1, 0.15) is 18.2 Å². The molecule has 3 aromatic carbocycles. The number of carbonyl (C=O) groups excluding carboxylic acids is 1. The van der Waals surface area contributed by atoms with E-state index in [4.69, 9.17) is 9.47 Å². The quantitative estimate of drug-likeness (QED) is 0.314. The van der Waals surface area contributed by atoms with Crippen molar-refractivity contribution < 1.29 is 18.7 Å². The molecule has 0 bridgehead atoms.